The minimum Gasteiger partial charge on any atom is -0.326 e. The van der Waals surface area contributed by atoms with Crippen molar-refractivity contribution >= 4 is 11.6 Å². The fraction of sp³-hybridized carbons (Fsp3) is 0.462. The molecule has 0 spiro atoms. The van der Waals surface area contributed by atoms with Crippen LogP contribution in [0.15, 0.2) is 35.4 Å². The van der Waals surface area contributed by atoms with Crippen molar-refractivity contribution in [2.45, 2.75) is 32.1 Å². The van der Waals surface area contributed by atoms with E-state index in [9.17, 15) is 4.79 Å². The number of carbonyl (C=O) groups is 1. The van der Waals surface area contributed by atoms with Gasteiger partial charge in [0.05, 0.1) is 0 Å². The molecule has 1 rings (SSSR count). The first kappa shape index (κ1) is 14.1. The summed E-state index contributed by atoms with van der Waals surface area (Å²) in [7, 11) is 0. The van der Waals surface area contributed by atoms with Crippen molar-refractivity contribution in [3.8, 4) is 0 Å². The molecule has 1 aromatic rings. The summed E-state index contributed by atoms with van der Waals surface area (Å²) >= 11 is 0. The number of hydrogen-bond acceptors (Lipinski definition) is 2. The van der Waals surface area contributed by atoms with E-state index in [0.717, 1.165) is 31.4 Å². The van der Waals surface area contributed by atoms with Gasteiger partial charge in [-0.25, -0.2) is 0 Å². The summed E-state index contributed by atoms with van der Waals surface area (Å²) in [6.45, 7) is 0.548. The molecule has 0 unspecified atom stereocenters. The zero-order valence-corrected chi connectivity index (χ0v) is 10.4. The Morgan fingerprint density at radius 1 is 1.17 bits per heavy atom. The molecule has 0 atom stereocenters. The van der Waals surface area contributed by atoms with Crippen LogP contribution >= 0.6 is 0 Å². The molecule has 0 aromatic heterocycles. The average Bonchev–Trinajstić information content (AvgIpc) is 2.39. The highest BCUT2D eigenvalue weighted by Gasteiger charge is 2.01. The van der Waals surface area contributed by atoms with Crippen LogP contribution in [0.1, 0.15) is 32.1 Å². The highest BCUT2D eigenvalue weighted by Crippen LogP contribution is 2.08. The standard InChI is InChI=1S/C13H18N4O/c14-17-15-11-7-2-1-6-10-13(18)16-12-8-4-3-5-9-12/h3-5,8-9H,1-2,6-7,10-11H2,(H,16,18). The first-order chi connectivity index (χ1) is 8.83. The van der Waals surface area contributed by atoms with E-state index in [2.05, 4.69) is 15.3 Å². The van der Waals surface area contributed by atoms with Crippen LogP contribution in [0.3, 0.4) is 0 Å². The molecule has 0 heterocycles. The smallest absolute Gasteiger partial charge is 0.224 e. The number of unbranched alkanes of at least 4 members (excludes halogenated alkanes) is 3. The number of amides is 1. The third-order valence-electron chi connectivity index (χ3n) is 2.53. The van der Waals surface area contributed by atoms with E-state index in [4.69, 9.17) is 5.53 Å². The number of azide groups is 1. The number of carbonyl (C=O) groups excluding carboxylic acids is 1. The molecule has 0 saturated heterocycles. The summed E-state index contributed by atoms with van der Waals surface area (Å²) in [5, 5.41) is 6.31. The number of nitrogens with zero attached hydrogens (tertiary/aromatic N) is 3. The Kier molecular flexibility index (Phi) is 7.09. The van der Waals surface area contributed by atoms with Crippen LogP contribution in [0.2, 0.25) is 0 Å². The minimum absolute atomic E-state index is 0.0521. The zero-order chi connectivity index (χ0) is 13.1. The van der Waals surface area contributed by atoms with E-state index in [1.165, 1.54) is 0 Å². The topological polar surface area (TPSA) is 77.9 Å². The van der Waals surface area contributed by atoms with E-state index < -0.39 is 0 Å². The normalized spacial score (nSPS) is 9.56. The molecular formula is C13H18N4O. The van der Waals surface area contributed by atoms with E-state index >= 15 is 0 Å². The molecule has 96 valence electrons. The molecule has 0 bridgehead atoms. The monoisotopic (exact) mass is 246 g/mol. The van der Waals surface area contributed by atoms with Crippen molar-refractivity contribution in [3.63, 3.8) is 0 Å². The SMILES string of the molecule is [N-]=[N+]=NCCCCCCC(=O)Nc1ccccc1. The summed E-state index contributed by atoms with van der Waals surface area (Å²) < 4.78 is 0. The maximum absolute atomic E-state index is 11.6. The molecule has 0 fully saturated rings. The largest absolute Gasteiger partial charge is 0.326 e. The predicted molar refractivity (Wildman–Crippen MR) is 72.2 cm³/mol. The average molecular weight is 246 g/mol. The molecule has 1 amide bonds. The predicted octanol–water partition coefficient (Wildman–Crippen LogP) is 3.89. The molecule has 1 aromatic carbocycles. The Labute approximate surface area is 107 Å². The number of benzene rings is 1. The van der Waals surface area contributed by atoms with Gasteiger partial charge >= 0.3 is 0 Å². The first-order valence-corrected chi connectivity index (χ1v) is 6.18. The Hall–Kier alpha value is -2.00. The second kappa shape index (κ2) is 9.07. The molecule has 18 heavy (non-hydrogen) atoms. The summed E-state index contributed by atoms with van der Waals surface area (Å²) in [6.07, 6.45) is 4.29. The maximum Gasteiger partial charge on any atom is 0.224 e. The van der Waals surface area contributed by atoms with Crippen LogP contribution in [-0.4, -0.2) is 12.5 Å². The Bertz CT molecular complexity index is 399. The van der Waals surface area contributed by atoms with Gasteiger partial charge in [-0.1, -0.05) is 36.2 Å². The molecule has 0 aliphatic rings. The lowest BCUT2D eigenvalue weighted by Crippen LogP contribution is -2.10. The van der Waals surface area contributed by atoms with Gasteiger partial charge in [0.1, 0.15) is 0 Å². The third-order valence-corrected chi connectivity index (χ3v) is 2.53. The van der Waals surface area contributed by atoms with Crippen molar-refractivity contribution in [2.24, 2.45) is 5.11 Å². The fourth-order valence-electron chi connectivity index (χ4n) is 1.61. The molecule has 5 heteroatoms. The van der Waals surface area contributed by atoms with Gasteiger partial charge in [-0.15, -0.1) is 0 Å². The first-order valence-electron chi connectivity index (χ1n) is 6.18. The van der Waals surface area contributed by atoms with Crippen LogP contribution in [0.25, 0.3) is 10.4 Å². The summed E-state index contributed by atoms with van der Waals surface area (Å²) in [5.41, 5.74) is 8.93. The van der Waals surface area contributed by atoms with Crippen molar-refractivity contribution in [3.05, 3.63) is 40.8 Å². The van der Waals surface area contributed by atoms with Gasteiger partial charge in [0, 0.05) is 23.6 Å². The van der Waals surface area contributed by atoms with Crippen LogP contribution in [0.5, 0.6) is 0 Å². The van der Waals surface area contributed by atoms with Crippen LogP contribution in [-0.2, 0) is 4.79 Å². The summed E-state index contributed by atoms with van der Waals surface area (Å²) in [5.74, 6) is 0.0521. The molecule has 0 saturated carbocycles. The Morgan fingerprint density at radius 2 is 1.89 bits per heavy atom. The lowest BCUT2D eigenvalue weighted by Gasteiger charge is -2.04. The van der Waals surface area contributed by atoms with E-state index in [-0.39, 0.29) is 5.91 Å². The number of nitrogens with one attached hydrogen (secondary N) is 1. The fourth-order valence-corrected chi connectivity index (χ4v) is 1.61. The van der Waals surface area contributed by atoms with E-state index in [0.29, 0.717) is 13.0 Å². The van der Waals surface area contributed by atoms with Gasteiger partial charge in [0.2, 0.25) is 5.91 Å². The second-order valence-corrected chi connectivity index (χ2v) is 4.03. The van der Waals surface area contributed by atoms with Crippen molar-refractivity contribution in [1.82, 2.24) is 0 Å². The molecular weight excluding hydrogens is 228 g/mol. The highest BCUT2D eigenvalue weighted by molar-refractivity contribution is 5.90. The molecule has 0 radical (unpaired) electrons. The van der Waals surface area contributed by atoms with Crippen molar-refractivity contribution < 1.29 is 4.79 Å². The number of anilines is 1. The van der Waals surface area contributed by atoms with Crippen LogP contribution in [0.4, 0.5) is 5.69 Å². The van der Waals surface area contributed by atoms with Gasteiger partial charge < -0.3 is 5.32 Å². The van der Waals surface area contributed by atoms with Crippen molar-refractivity contribution in [2.75, 3.05) is 11.9 Å². The Balaban J connectivity index is 2.05. The number of rotatable bonds is 8. The third kappa shape index (κ3) is 6.55. The van der Waals surface area contributed by atoms with Gasteiger partial charge in [-0.3, -0.25) is 4.79 Å². The minimum atomic E-state index is 0.0521. The van der Waals surface area contributed by atoms with Crippen LogP contribution in [0, 0.1) is 0 Å². The summed E-state index contributed by atoms with van der Waals surface area (Å²) in [4.78, 5) is 14.3. The maximum atomic E-state index is 11.6. The highest BCUT2D eigenvalue weighted by atomic mass is 16.1. The van der Waals surface area contributed by atoms with Gasteiger partial charge in [0.25, 0.3) is 0 Å². The number of hydrogen-bond donors (Lipinski definition) is 1. The Morgan fingerprint density at radius 3 is 2.61 bits per heavy atom. The van der Waals surface area contributed by atoms with Gasteiger partial charge in [-0.2, -0.15) is 0 Å². The lowest BCUT2D eigenvalue weighted by molar-refractivity contribution is -0.116. The number of para-hydroxylation sites is 1. The van der Waals surface area contributed by atoms with E-state index in [1.807, 2.05) is 30.3 Å². The second-order valence-electron chi connectivity index (χ2n) is 4.03. The van der Waals surface area contributed by atoms with Crippen molar-refractivity contribution in [1.29, 1.82) is 0 Å². The molecule has 0 aliphatic heterocycles. The molecule has 5 nitrogen and oxygen atoms in total. The summed E-state index contributed by atoms with van der Waals surface area (Å²) in [6, 6.07) is 9.45. The van der Waals surface area contributed by atoms with E-state index in [1.54, 1.807) is 0 Å². The van der Waals surface area contributed by atoms with Crippen LogP contribution < -0.4 is 5.32 Å². The van der Waals surface area contributed by atoms with Gasteiger partial charge in [0.15, 0.2) is 0 Å². The molecule has 0 aliphatic carbocycles. The quantitative estimate of drug-likeness (QED) is 0.321. The zero-order valence-electron chi connectivity index (χ0n) is 10.4. The lowest BCUT2D eigenvalue weighted by atomic mass is 10.1. The van der Waals surface area contributed by atoms with Gasteiger partial charge in [-0.05, 0) is 30.5 Å². The molecule has 1 N–H and O–H groups in total.